The molecule has 0 aromatic heterocycles. The predicted molar refractivity (Wildman–Crippen MR) is 80.9 cm³/mol. The molecule has 1 amide bonds. The normalized spacial score (nSPS) is 16.1. The molecule has 0 saturated carbocycles. The molecule has 1 aliphatic heterocycles. The molecule has 0 unspecified atom stereocenters. The number of anilines is 1. The minimum atomic E-state index is -0.0151. The number of amides is 1. The van der Waals surface area contributed by atoms with Gasteiger partial charge in [0, 0.05) is 22.2 Å². The molecule has 0 fully saturated rings. The van der Waals surface area contributed by atoms with Crippen molar-refractivity contribution in [3.63, 3.8) is 0 Å². The van der Waals surface area contributed by atoms with Crippen molar-refractivity contribution < 1.29 is 4.79 Å². The van der Waals surface area contributed by atoms with E-state index in [9.17, 15) is 4.79 Å². The molecule has 3 heteroatoms. The van der Waals surface area contributed by atoms with Gasteiger partial charge in [-0.25, -0.2) is 0 Å². The third-order valence-corrected chi connectivity index (χ3v) is 3.62. The highest BCUT2D eigenvalue weighted by molar-refractivity contribution is 9.10. The minimum Gasteiger partial charge on any atom is -0.322 e. The molecule has 19 heavy (non-hydrogen) atoms. The highest BCUT2D eigenvalue weighted by Gasteiger charge is 2.19. The SMILES string of the molecule is O=C1Nc2ccc(Br)cc2C/C1=C/c1ccccc1. The van der Waals surface area contributed by atoms with Crippen LogP contribution in [0, 0.1) is 0 Å². The molecule has 2 aromatic rings. The van der Waals surface area contributed by atoms with E-state index in [0.29, 0.717) is 6.42 Å². The minimum absolute atomic E-state index is 0.0151. The van der Waals surface area contributed by atoms with Gasteiger partial charge in [0.15, 0.2) is 0 Å². The summed E-state index contributed by atoms with van der Waals surface area (Å²) < 4.78 is 1.03. The van der Waals surface area contributed by atoms with Crippen LogP contribution in [0.1, 0.15) is 11.1 Å². The van der Waals surface area contributed by atoms with E-state index in [0.717, 1.165) is 26.9 Å². The number of hydrogen-bond acceptors (Lipinski definition) is 1. The van der Waals surface area contributed by atoms with Gasteiger partial charge in [0.05, 0.1) is 0 Å². The second kappa shape index (κ2) is 5.02. The molecular formula is C16H12BrNO. The largest absolute Gasteiger partial charge is 0.322 e. The Kier molecular flexibility index (Phi) is 3.22. The fourth-order valence-electron chi connectivity index (χ4n) is 2.19. The number of hydrogen-bond donors (Lipinski definition) is 1. The Bertz CT molecular complexity index is 662. The lowest BCUT2D eigenvalue weighted by Gasteiger charge is -2.19. The molecule has 2 aromatic carbocycles. The first-order valence-electron chi connectivity index (χ1n) is 6.08. The predicted octanol–water partition coefficient (Wildman–Crippen LogP) is 4.03. The number of fused-ring (bicyclic) bond motifs is 1. The van der Waals surface area contributed by atoms with E-state index >= 15 is 0 Å². The van der Waals surface area contributed by atoms with Crippen LogP contribution in [0.15, 0.2) is 58.6 Å². The third-order valence-electron chi connectivity index (χ3n) is 3.13. The zero-order valence-corrected chi connectivity index (χ0v) is 11.8. The van der Waals surface area contributed by atoms with Crippen molar-refractivity contribution in [2.45, 2.75) is 6.42 Å². The number of carbonyl (C=O) groups excluding carboxylic acids is 1. The number of carbonyl (C=O) groups is 1. The Morgan fingerprint density at radius 3 is 2.68 bits per heavy atom. The van der Waals surface area contributed by atoms with Gasteiger partial charge in [-0.05, 0) is 35.4 Å². The lowest BCUT2D eigenvalue weighted by atomic mass is 9.97. The molecule has 1 aliphatic rings. The highest BCUT2D eigenvalue weighted by Crippen LogP contribution is 2.28. The Morgan fingerprint density at radius 2 is 1.89 bits per heavy atom. The van der Waals surface area contributed by atoms with E-state index in [1.807, 2.05) is 54.6 Å². The van der Waals surface area contributed by atoms with Gasteiger partial charge >= 0.3 is 0 Å². The van der Waals surface area contributed by atoms with Crippen molar-refractivity contribution in [1.29, 1.82) is 0 Å². The van der Waals surface area contributed by atoms with E-state index in [2.05, 4.69) is 21.2 Å². The zero-order chi connectivity index (χ0) is 13.2. The second-order valence-electron chi connectivity index (χ2n) is 4.51. The molecule has 3 rings (SSSR count). The fourth-order valence-corrected chi connectivity index (χ4v) is 2.59. The summed E-state index contributed by atoms with van der Waals surface area (Å²) in [6, 6.07) is 15.8. The van der Waals surface area contributed by atoms with Crippen LogP contribution in [-0.4, -0.2) is 5.91 Å². The van der Waals surface area contributed by atoms with Crippen molar-refractivity contribution in [2.75, 3.05) is 5.32 Å². The van der Waals surface area contributed by atoms with Gasteiger partial charge < -0.3 is 5.32 Å². The Labute approximate surface area is 120 Å². The van der Waals surface area contributed by atoms with Crippen LogP contribution in [0.5, 0.6) is 0 Å². The van der Waals surface area contributed by atoms with Crippen molar-refractivity contribution in [3.8, 4) is 0 Å². The number of benzene rings is 2. The van der Waals surface area contributed by atoms with Crippen molar-refractivity contribution >= 4 is 33.6 Å². The Balaban J connectivity index is 1.97. The summed E-state index contributed by atoms with van der Waals surface area (Å²) >= 11 is 3.46. The van der Waals surface area contributed by atoms with E-state index in [-0.39, 0.29) is 5.91 Å². The van der Waals surface area contributed by atoms with Crippen LogP contribution >= 0.6 is 15.9 Å². The van der Waals surface area contributed by atoms with Crippen LogP contribution in [-0.2, 0) is 11.2 Å². The first-order valence-corrected chi connectivity index (χ1v) is 6.87. The standard InChI is InChI=1S/C16H12BrNO/c17-14-6-7-15-12(10-14)9-13(16(19)18-15)8-11-4-2-1-3-5-11/h1-8,10H,9H2,(H,18,19)/b13-8-. The molecule has 0 aliphatic carbocycles. The van der Waals surface area contributed by atoms with E-state index in [1.165, 1.54) is 0 Å². The average Bonchev–Trinajstić information content (AvgIpc) is 2.41. The lowest BCUT2D eigenvalue weighted by molar-refractivity contribution is -0.113. The molecule has 0 bridgehead atoms. The van der Waals surface area contributed by atoms with E-state index in [1.54, 1.807) is 0 Å². The van der Waals surface area contributed by atoms with Gasteiger partial charge in [0.1, 0.15) is 0 Å². The first kappa shape index (κ1) is 12.2. The van der Waals surface area contributed by atoms with Crippen LogP contribution in [0.25, 0.3) is 6.08 Å². The zero-order valence-electron chi connectivity index (χ0n) is 10.2. The topological polar surface area (TPSA) is 29.1 Å². The van der Waals surface area contributed by atoms with Gasteiger partial charge in [0.25, 0.3) is 5.91 Å². The molecule has 0 spiro atoms. The number of rotatable bonds is 1. The van der Waals surface area contributed by atoms with Crippen molar-refractivity contribution in [3.05, 3.63) is 69.7 Å². The molecule has 2 nitrogen and oxygen atoms in total. The average molecular weight is 314 g/mol. The van der Waals surface area contributed by atoms with Crippen molar-refractivity contribution in [2.24, 2.45) is 0 Å². The van der Waals surface area contributed by atoms with E-state index in [4.69, 9.17) is 0 Å². The first-order chi connectivity index (χ1) is 9.22. The molecule has 0 radical (unpaired) electrons. The van der Waals surface area contributed by atoms with Crippen LogP contribution in [0.3, 0.4) is 0 Å². The van der Waals surface area contributed by atoms with Crippen LogP contribution < -0.4 is 5.32 Å². The van der Waals surface area contributed by atoms with Gasteiger partial charge in [-0.2, -0.15) is 0 Å². The maximum atomic E-state index is 12.1. The molecule has 94 valence electrons. The Morgan fingerprint density at radius 1 is 1.11 bits per heavy atom. The number of nitrogens with one attached hydrogen (secondary N) is 1. The fraction of sp³-hybridized carbons (Fsp3) is 0.0625. The van der Waals surface area contributed by atoms with Gasteiger partial charge in [0.2, 0.25) is 0 Å². The summed E-state index contributed by atoms with van der Waals surface area (Å²) in [5.41, 5.74) is 3.87. The summed E-state index contributed by atoms with van der Waals surface area (Å²) in [4.78, 5) is 12.1. The Hall–Kier alpha value is -1.87. The van der Waals surface area contributed by atoms with Crippen LogP contribution in [0.4, 0.5) is 5.69 Å². The molecule has 1 N–H and O–H groups in total. The molecule has 1 heterocycles. The van der Waals surface area contributed by atoms with E-state index < -0.39 is 0 Å². The highest BCUT2D eigenvalue weighted by atomic mass is 79.9. The maximum Gasteiger partial charge on any atom is 0.251 e. The van der Waals surface area contributed by atoms with Crippen molar-refractivity contribution in [1.82, 2.24) is 0 Å². The summed E-state index contributed by atoms with van der Waals surface area (Å²) in [7, 11) is 0. The summed E-state index contributed by atoms with van der Waals surface area (Å²) in [6.07, 6.45) is 2.61. The summed E-state index contributed by atoms with van der Waals surface area (Å²) in [6.45, 7) is 0. The monoisotopic (exact) mass is 313 g/mol. The quantitative estimate of drug-likeness (QED) is 0.791. The smallest absolute Gasteiger partial charge is 0.251 e. The lowest BCUT2D eigenvalue weighted by Crippen LogP contribution is -2.22. The second-order valence-corrected chi connectivity index (χ2v) is 5.43. The third kappa shape index (κ3) is 2.61. The van der Waals surface area contributed by atoms with Crippen LogP contribution in [0.2, 0.25) is 0 Å². The van der Waals surface area contributed by atoms with Gasteiger partial charge in [-0.1, -0.05) is 46.3 Å². The molecular weight excluding hydrogens is 302 g/mol. The molecule has 0 saturated heterocycles. The number of halogens is 1. The van der Waals surface area contributed by atoms with Gasteiger partial charge in [-0.15, -0.1) is 0 Å². The molecule has 0 atom stereocenters. The summed E-state index contributed by atoms with van der Waals surface area (Å²) in [5, 5.41) is 2.93. The summed E-state index contributed by atoms with van der Waals surface area (Å²) in [5.74, 6) is -0.0151. The maximum absolute atomic E-state index is 12.1. The van der Waals surface area contributed by atoms with Gasteiger partial charge in [-0.3, -0.25) is 4.79 Å².